The first-order chi connectivity index (χ1) is 15.7. The Labute approximate surface area is 195 Å². The lowest BCUT2D eigenvalue weighted by atomic mass is 9.80. The van der Waals surface area contributed by atoms with E-state index in [9.17, 15) is 4.79 Å². The van der Waals surface area contributed by atoms with Crippen LogP contribution in [0.25, 0.3) is 0 Å². The molecule has 3 rings (SSSR count). The summed E-state index contributed by atoms with van der Waals surface area (Å²) in [5.74, 6) is 1.50. The third-order valence-corrected chi connectivity index (χ3v) is 6.91. The quantitative estimate of drug-likeness (QED) is 0.197. The smallest absolute Gasteiger partial charge is 0.314 e. The van der Waals surface area contributed by atoms with Crippen LogP contribution in [-0.4, -0.2) is 11.0 Å². The maximum Gasteiger partial charge on any atom is 0.314 e. The van der Waals surface area contributed by atoms with Crippen molar-refractivity contribution in [1.82, 2.24) is 4.98 Å². The first-order valence-electron chi connectivity index (χ1n) is 12.9. The van der Waals surface area contributed by atoms with E-state index in [2.05, 4.69) is 43.1 Å². The zero-order valence-corrected chi connectivity index (χ0v) is 20.2. The number of aryl methyl sites for hydroxylation is 3. The van der Waals surface area contributed by atoms with Crippen LogP contribution in [0.2, 0.25) is 0 Å². The number of ether oxygens (including phenoxy) is 1. The Hall–Kier alpha value is -2.16. The highest BCUT2D eigenvalue weighted by molar-refractivity contribution is 5.75. The molecule has 1 aromatic carbocycles. The molecule has 0 atom stereocenters. The van der Waals surface area contributed by atoms with Crippen LogP contribution in [0.5, 0.6) is 5.75 Å². The SMILES string of the molecule is CCCCCc1ccc(CCc2ccc(OC(=O)[C@H]3CC[C@H](CCCC)CC3)cc2)nc1. The number of hydrogen-bond donors (Lipinski definition) is 0. The second-order valence-corrected chi connectivity index (χ2v) is 9.54. The number of esters is 1. The van der Waals surface area contributed by atoms with Gasteiger partial charge in [-0.2, -0.15) is 0 Å². The van der Waals surface area contributed by atoms with E-state index in [1.807, 2.05) is 18.3 Å². The van der Waals surface area contributed by atoms with Crippen LogP contribution < -0.4 is 4.74 Å². The van der Waals surface area contributed by atoms with Gasteiger partial charge in [0.15, 0.2) is 0 Å². The fourth-order valence-electron chi connectivity index (χ4n) is 4.71. The van der Waals surface area contributed by atoms with Gasteiger partial charge in [-0.15, -0.1) is 0 Å². The molecule has 1 aliphatic rings. The maximum absolute atomic E-state index is 12.6. The van der Waals surface area contributed by atoms with Crippen molar-refractivity contribution in [3.05, 3.63) is 59.4 Å². The van der Waals surface area contributed by atoms with Gasteiger partial charge in [-0.1, -0.05) is 64.2 Å². The van der Waals surface area contributed by atoms with Crippen LogP contribution in [0.3, 0.4) is 0 Å². The first kappa shape index (κ1) is 24.5. The Morgan fingerprint density at radius 3 is 2.22 bits per heavy atom. The molecule has 2 aromatic rings. The average Bonchev–Trinajstić information content (AvgIpc) is 2.83. The topological polar surface area (TPSA) is 39.2 Å². The van der Waals surface area contributed by atoms with Crippen LogP contribution in [0.15, 0.2) is 42.6 Å². The highest BCUT2D eigenvalue weighted by atomic mass is 16.5. The molecule has 1 aliphatic carbocycles. The summed E-state index contributed by atoms with van der Waals surface area (Å²) >= 11 is 0. The molecule has 1 fully saturated rings. The van der Waals surface area contributed by atoms with E-state index in [4.69, 9.17) is 4.74 Å². The van der Waals surface area contributed by atoms with Gasteiger partial charge in [0.2, 0.25) is 0 Å². The molecule has 1 aromatic heterocycles. The summed E-state index contributed by atoms with van der Waals surface area (Å²) < 4.78 is 5.69. The Balaban J connectivity index is 1.40. The van der Waals surface area contributed by atoms with Crippen molar-refractivity contribution in [3.63, 3.8) is 0 Å². The van der Waals surface area contributed by atoms with E-state index in [1.54, 1.807) is 0 Å². The Morgan fingerprint density at radius 2 is 1.56 bits per heavy atom. The lowest BCUT2D eigenvalue weighted by Gasteiger charge is -2.27. The minimum atomic E-state index is -0.0464. The van der Waals surface area contributed by atoms with Crippen molar-refractivity contribution in [3.8, 4) is 5.75 Å². The fraction of sp³-hybridized carbons (Fsp3) is 0.586. The standard InChI is InChI=1S/C29H41NO2/c1-3-5-7-9-25-13-19-27(30-22-25)18-12-24-14-20-28(21-15-24)32-29(31)26-16-10-23(11-17-26)8-6-4-2/h13-15,19-23,26H,3-12,16-18H2,1-2H3/t23-,26-. The lowest BCUT2D eigenvalue weighted by Crippen LogP contribution is -2.25. The molecular formula is C29H41NO2. The predicted octanol–water partition coefficient (Wildman–Crippen LogP) is 7.50. The number of carbonyl (C=O) groups excluding carboxylic acids is 1. The van der Waals surface area contributed by atoms with E-state index < -0.39 is 0 Å². The first-order valence-corrected chi connectivity index (χ1v) is 12.9. The monoisotopic (exact) mass is 435 g/mol. The number of aromatic nitrogens is 1. The van der Waals surface area contributed by atoms with Crippen LogP contribution in [0.4, 0.5) is 0 Å². The van der Waals surface area contributed by atoms with E-state index in [0.29, 0.717) is 5.75 Å². The van der Waals surface area contributed by atoms with Crippen molar-refractivity contribution in [1.29, 1.82) is 0 Å². The molecule has 0 aliphatic heterocycles. The zero-order chi connectivity index (χ0) is 22.6. The van der Waals surface area contributed by atoms with E-state index in [1.165, 1.54) is 62.5 Å². The molecule has 1 heterocycles. The molecule has 3 nitrogen and oxygen atoms in total. The molecule has 0 unspecified atom stereocenters. The van der Waals surface area contributed by atoms with Crippen LogP contribution in [0, 0.1) is 11.8 Å². The maximum atomic E-state index is 12.6. The number of pyridine rings is 1. The summed E-state index contributed by atoms with van der Waals surface area (Å²) in [6.07, 6.45) is 17.0. The van der Waals surface area contributed by atoms with E-state index in [0.717, 1.165) is 43.7 Å². The van der Waals surface area contributed by atoms with Gasteiger partial charge in [0, 0.05) is 11.9 Å². The van der Waals surface area contributed by atoms with Gasteiger partial charge in [-0.05, 0) is 86.6 Å². The molecule has 0 N–H and O–H groups in total. The summed E-state index contributed by atoms with van der Waals surface area (Å²) in [7, 11) is 0. The van der Waals surface area contributed by atoms with E-state index in [-0.39, 0.29) is 11.9 Å². The molecule has 32 heavy (non-hydrogen) atoms. The van der Waals surface area contributed by atoms with Crippen molar-refractivity contribution in [2.45, 2.75) is 97.3 Å². The lowest BCUT2D eigenvalue weighted by molar-refractivity contribution is -0.140. The molecule has 0 saturated heterocycles. The van der Waals surface area contributed by atoms with Crippen LogP contribution in [-0.2, 0) is 24.1 Å². The normalized spacial score (nSPS) is 18.4. The molecule has 0 spiro atoms. The predicted molar refractivity (Wildman–Crippen MR) is 132 cm³/mol. The molecule has 1 saturated carbocycles. The number of hydrogen-bond acceptors (Lipinski definition) is 3. The Bertz CT molecular complexity index is 789. The summed E-state index contributed by atoms with van der Waals surface area (Å²) in [6, 6.07) is 12.4. The summed E-state index contributed by atoms with van der Waals surface area (Å²) in [5.41, 5.74) is 3.71. The molecule has 0 bridgehead atoms. The zero-order valence-electron chi connectivity index (χ0n) is 20.2. The minimum Gasteiger partial charge on any atom is -0.426 e. The Morgan fingerprint density at radius 1 is 0.844 bits per heavy atom. The molecule has 0 amide bonds. The molecule has 3 heteroatoms. The average molecular weight is 436 g/mol. The highest BCUT2D eigenvalue weighted by Crippen LogP contribution is 2.32. The van der Waals surface area contributed by atoms with Gasteiger partial charge >= 0.3 is 5.97 Å². The summed E-state index contributed by atoms with van der Waals surface area (Å²) in [6.45, 7) is 4.48. The van der Waals surface area contributed by atoms with Crippen molar-refractivity contribution < 1.29 is 9.53 Å². The number of rotatable bonds is 12. The molecule has 174 valence electrons. The largest absolute Gasteiger partial charge is 0.426 e. The third-order valence-electron chi connectivity index (χ3n) is 6.91. The number of benzene rings is 1. The van der Waals surface area contributed by atoms with Crippen molar-refractivity contribution in [2.24, 2.45) is 11.8 Å². The Kier molecular flexibility index (Phi) is 10.3. The fourth-order valence-corrected chi connectivity index (χ4v) is 4.71. The molecule has 0 radical (unpaired) electrons. The highest BCUT2D eigenvalue weighted by Gasteiger charge is 2.27. The summed E-state index contributed by atoms with van der Waals surface area (Å²) in [4.78, 5) is 17.2. The van der Waals surface area contributed by atoms with Gasteiger partial charge in [0.05, 0.1) is 5.92 Å². The van der Waals surface area contributed by atoms with Gasteiger partial charge in [0.1, 0.15) is 5.75 Å². The van der Waals surface area contributed by atoms with Crippen molar-refractivity contribution >= 4 is 5.97 Å². The second-order valence-electron chi connectivity index (χ2n) is 9.54. The van der Waals surface area contributed by atoms with Gasteiger partial charge in [-0.25, -0.2) is 0 Å². The summed E-state index contributed by atoms with van der Waals surface area (Å²) in [5, 5.41) is 0. The van der Waals surface area contributed by atoms with Crippen molar-refractivity contribution in [2.75, 3.05) is 0 Å². The number of unbranched alkanes of at least 4 members (excludes halogenated alkanes) is 3. The van der Waals surface area contributed by atoms with Crippen LogP contribution >= 0.6 is 0 Å². The second kappa shape index (κ2) is 13.4. The van der Waals surface area contributed by atoms with E-state index >= 15 is 0 Å². The van der Waals surface area contributed by atoms with Gasteiger partial charge < -0.3 is 4.74 Å². The van der Waals surface area contributed by atoms with Gasteiger partial charge in [0.25, 0.3) is 0 Å². The number of carbonyl (C=O) groups is 1. The molecular weight excluding hydrogens is 394 g/mol. The number of nitrogens with zero attached hydrogens (tertiary/aromatic N) is 1. The van der Waals surface area contributed by atoms with Crippen LogP contribution in [0.1, 0.15) is 94.9 Å². The van der Waals surface area contributed by atoms with Gasteiger partial charge in [-0.3, -0.25) is 9.78 Å². The third kappa shape index (κ3) is 8.07. The minimum absolute atomic E-state index is 0.0464.